The van der Waals surface area contributed by atoms with E-state index in [1.165, 1.54) is 0 Å². The molecule has 0 saturated carbocycles. The Hall–Kier alpha value is -1.29. The van der Waals surface area contributed by atoms with Gasteiger partial charge in [-0.15, -0.1) is 0 Å². The zero-order valence-electron chi connectivity index (χ0n) is 8.32. The third-order valence-electron chi connectivity index (χ3n) is 2.20. The molecular formula is C9H11ClN4. The number of aromatic nitrogens is 4. The summed E-state index contributed by atoms with van der Waals surface area (Å²) in [4.78, 5) is 4.13. The molecule has 2 rings (SSSR count). The lowest BCUT2D eigenvalue weighted by molar-refractivity contribution is 0.727. The maximum Gasteiger partial charge on any atom is 0.179 e. The monoisotopic (exact) mass is 210 g/mol. The highest BCUT2D eigenvalue weighted by Crippen LogP contribution is 2.22. The number of hydrogen-bond acceptors (Lipinski definition) is 2. The van der Waals surface area contributed by atoms with Gasteiger partial charge in [-0.3, -0.25) is 9.25 Å². The van der Waals surface area contributed by atoms with Crippen LogP contribution in [0.4, 0.5) is 0 Å². The molecule has 0 bridgehead atoms. The van der Waals surface area contributed by atoms with Gasteiger partial charge in [-0.1, -0.05) is 11.6 Å². The molecule has 14 heavy (non-hydrogen) atoms. The van der Waals surface area contributed by atoms with Crippen LogP contribution in [0.5, 0.6) is 0 Å². The molecule has 0 radical (unpaired) electrons. The predicted molar refractivity (Wildman–Crippen MR) is 54.8 cm³/mol. The summed E-state index contributed by atoms with van der Waals surface area (Å²) in [5.74, 6) is 0.729. The van der Waals surface area contributed by atoms with Gasteiger partial charge in [0.05, 0.1) is 11.4 Å². The first-order valence-electron chi connectivity index (χ1n) is 4.29. The molecule has 2 aromatic rings. The lowest BCUT2D eigenvalue weighted by atomic mass is 10.4. The standard InChI is InChI=1S/C9H11ClN4/c1-6-4-14(5-11-6)9-8(10)7(2)13(3)12-9/h4-5H,1-3H3. The van der Waals surface area contributed by atoms with Crippen molar-refractivity contribution in [2.75, 3.05) is 0 Å². The molecule has 2 heterocycles. The van der Waals surface area contributed by atoms with Crippen molar-refractivity contribution in [2.45, 2.75) is 13.8 Å². The topological polar surface area (TPSA) is 35.6 Å². The van der Waals surface area contributed by atoms with Crippen LogP contribution in [0.3, 0.4) is 0 Å². The lowest BCUT2D eigenvalue weighted by Gasteiger charge is -1.95. The molecule has 0 aromatic carbocycles. The van der Waals surface area contributed by atoms with Gasteiger partial charge in [0.15, 0.2) is 5.82 Å². The first kappa shape index (κ1) is 9.27. The zero-order chi connectivity index (χ0) is 10.3. The van der Waals surface area contributed by atoms with Crippen molar-refractivity contribution in [3.05, 3.63) is 28.9 Å². The normalized spacial score (nSPS) is 10.9. The molecule has 0 saturated heterocycles. The Kier molecular flexibility index (Phi) is 2.07. The molecular weight excluding hydrogens is 200 g/mol. The predicted octanol–water partition coefficient (Wildman–Crippen LogP) is 1.88. The first-order chi connectivity index (χ1) is 6.59. The third kappa shape index (κ3) is 1.32. The average Bonchev–Trinajstić information content (AvgIpc) is 2.66. The highest BCUT2D eigenvalue weighted by molar-refractivity contribution is 6.32. The smallest absolute Gasteiger partial charge is 0.179 e. The van der Waals surface area contributed by atoms with E-state index in [0.717, 1.165) is 17.2 Å². The molecule has 0 unspecified atom stereocenters. The van der Waals surface area contributed by atoms with E-state index in [4.69, 9.17) is 11.6 Å². The van der Waals surface area contributed by atoms with Gasteiger partial charge in [0, 0.05) is 13.2 Å². The average molecular weight is 211 g/mol. The van der Waals surface area contributed by atoms with Gasteiger partial charge in [0.1, 0.15) is 11.3 Å². The molecule has 2 aromatic heterocycles. The Labute approximate surface area is 87.1 Å². The quantitative estimate of drug-likeness (QED) is 0.721. The van der Waals surface area contributed by atoms with Gasteiger partial charge in [-0.05, 0) is 13.8 Å². The maximum atomic E-state index is 6.13. The van der Waals surface area contributed by atoms with Crippen LogP contribution in [-0.2, 0) is 7.05 Å². The number of aryl methyl sites for hydroxylation is 2. The molecule has 0 spiro atoms. The van der Waals surface area contributed by atoms with E-state index in [-0.39, 0.29) is 0 Å². The summed E-state index contributed by atoms with van der Waals surface area (Å²) in [6, 6.07) is 0. The van der Waals surface area contributed by atoms with Crippen molar-refractivity contribution in [3.8, 4) is 5.82 Å². The first-order valence-corrected chi connectivity index (χ1v) is 4.67. The number of imidazole rings is 1. The second kappa shape index (κ2) is 3.13. The van der Waals surface area contributed by atoms with E-state index >= 15 is 0 Å². The SMILES string of the molecule is Cc1cn(-c2nn(C)c(C)c2Cl)cn1. The number of rotatable bonds is 1. The number of hydrogen-bond donors (Lipinski definition) is 0. The second-order valence-electron chi connectivity index (χ2n) is 3.27. The lowest BCUT2D eigenvalue weighted by Crippen LogP contribution is -1.95. The second-order valence-corrected chi connectivity index (χ2v) is 3.65. The van der Waals surface area contributed by atoms with Crippen LogP contribution in [0.25, 0.3) is 5.82 Å². The van der Waals surface area contributed by atoms with Crippen molar-refractivity contribution in [3.63, 3.8) is 0 Å². The van der Waals surface area contributed by atoms with E-state index in [2.05, 4.69) is 10.1 Å². The van der Waals surface area contributed by atoms with Gasteiger partial charge >= 0.3 is 0 Å². The molecule has 5 heteroatoms. The summed E-state index contributed by atoms with van der Waals surface area (Å²) in [5, 5.41) is 4.97. The molecule has 0 aliphatic heterocycles. The van der Waals surface area contributed by atoms with E-state index < -0.39 is 0 Å². The molecule has 4 nitrogen and oxygen atoms in total. The summed E-state index contributed by atoms with van der Waals surface area (Å²) >= 11 is 6.13. The Morgan fingerprint density at radius 1 is 1.36 bits per heavy atom. The maximum absolute atomic E-state index is 6.13. The summed E-state index contributed by atoms with van der Waals surface area (Å²) in [6.45, 7) is 3.86. The molecule has 0 aliphatic rings. The minimum Gasteiger partial charge on any atom is -0.287 e. The van der Waals surface area contributed by atoms with E-state index in [1.54, 1.807) is 11.0 Å². The fourth-order valence-corrected chi connectivity index (χ4v) is 1.52. The van der Waals surface area contributed by atoms with Crippen LogP contribution in [0, 0.1) is 13.8 Å². The van der Waals surface area contributed by atoms with Crippen LogP contribution in [-0.4, -0.2) is 19.3 Å². The van der Waals surface area contributed by atoms with Crippen LogP contribution < -0.4 is 0 Å². The Balaban J connectivity index is 2.57. The van der Waals surface area contributed by atoms with Gasteiger partial charge in [-0.25, -0.2) is 4.98 Å². The van der Waals surface area contributed by atoms with Gasteiger partial charge in [0.2, 0.25) is 0 Å². The van der Waals surface area contributed by atoms with Gasteiger partial charge < -0.3 is 0 Å². The van der Waals surface area contributed by atoms with Crippen LogP contribution in [0.15, 0.2) is 12.5 Å². The fraction of sp³-hybridized carbons (Fsp3) is 0.333. The fourth-order valence-electron chi connectivity index (χ4n) is 1.27. The summed E-state index contributed by atoms with van der Waals surface area (Å²) in [5.41, 5.74) is 1.90. The van der Waals surface area contributed by atoms with Crippen molar-refractivity contribution in [1.29, 1.82) is 0 Å². The third-order valence-corrected chi connectivity index (χ3v) is 2.64. The van der Waals surface area contributed by atoms with Crippen molar-refractivity contribution < 1.29 is 0 Å². The highest BCUT2D eigenvalue weighted by atomic mass is 35.5. The van der Waals surface area contributed by atoms with Crippen LogP contribution >= 0.6 is 11.6 Å². The van der Waals surface area contributed by atoms with Gasteiger partial charge in [-0.2, -0.15) is 5.10 Å². The van der Waals surface area contributed by atoms with Gasteiger partial charge in [0.25, 0.3) is 0 Å². The largest absolute Gasteiger partial charge is 0.287 e. The highest BCUT2D eigenvalue weighted by Gasteiger charge is 2.12. The molecule has 74 valence electrons. The summed E-state index contributed by atoms with van der Waals surface area (Å²) in [6.07, 6.45) is 3.61. The van der Waals surface area contributed by atoms with Crippen LogP contribution in [0.2, 0.25) is 5.02 Å². The van der Waals surface area contributed by atoms with Crippen molar-refractivity contribution >= 4 is 11.6 Å². The zero-order valence-corrected chi connectivity index (χ0v) is 9.08. The molecule has 0 amide bonds. The van der Waals surface area contributed by atoms with E-state index in [9.17, 15) is 0 Å². The Morgan fingerprint density at radius 2 is 2.07 bits per heavy atom. The molecule has 0 N–H and O–H groups in total. The van der Waals surface area contributed by atoms with E-state index in [0.29, 0.717) is 5.02 Å². The van der Waals surface area contributed by atoms with Crippen molar-refractivity contribution in [1.82, 2.24) is 19.3 Å². The van der Waals surface area contributed by atoms with Crippen LogP contribution in [0.1, 0.15) is 11.4 Å². The minimum absolute atomic E-state index is 0.671. The summed E-state index contributed by atoms with van der Waals surface area (Å²) < 4.78 is 3.58. The van der Waals surface area contributed by atoms with Crippen molar-refractivity contribution in [2.24, 2.45) is 7.05 Å². The summed E-state index contributed by atoms with van der Waals surface area (Å²) in [7, 11) is 1.87. The molecule has 0 fully saturated rings. The molecule has 0 atom stereocenters. The Bertz CT molecular complexity index is 469. The number of nitrogens with zero attached hydrogens (tertiary/aromatic N) is 4. The minimum atomic E-state index is 0.671. The van der Waals surface area contributed by atoms with E-state index in [1.807, 2.05) is 31.7 Å². The Morgan fingerprint density at radius 3 is 2.50 bits per heavy atom. The molecule has 0 aliphatic carbocycles. The number of halogens is 1.